The van der Waals surface area contributed by atoms with Crippen LogP contribution in [0.3, 0.4) is 0 Å². The molecule has 0 spiro atoms. The van der Waals surface area contributed by atoms with Gasteiger partial charge in [0, 0.05) is 18.8 Å². The number of halogens is 1. The van der Waals surface area contributed by atoms with Gasteiger partial charge in [-0.25, -0.2) is 9.37 Å². The lowest BCUT2D eigenvalue weighted by Crippen LogP contribution is -2.45. The minimum Gasteiger partial charge on any atom is -0.508 e. The van der Waals surface area contributed by atoms with Crippen LogP contribution in [0.25, 0.3) is 11.1 Å². The maximum atomic E-state index is 14.5. The molecule has 1 atom stereocenters. The molecule has 1 fully saturated rings. The first kappa shape index (κ1) is 27.1. The fraction of sp³-hybridized carbons (Fsp3) is 0.300. The summed E-state index contributed by atoms with van der Waals surface area (Å²) in [5, 5.41) is 21.4. The number of benzene rings is 2. The van der Waals surface area contributed by atoms with Gasteiger partial charge in [0.1, 0.15) is 12.3 Å². The van der Waals surface area contributed by atoms with E-state index in [2.05, 4.69) is 44.3 Å². The number of anilines is 3. The van der Waals surface area contributed by atoms with E-state index >= 15 is 0 Å². The molecule has 1 aliphatic rings. The summed E-state index contributed by atoms with van der Waals surface area (Å²) in [6.45, 7) is 7.96. The summed E-state index contributed by atoms with van der Waals surface area (Å²) in [6.07, 6.45) is 1.15. The molecule has 2 N–H and O–H groups in total. The standard InChI is InChI=1S/C30H32FN7O2/c1-19(2)28-18-38(13-14-40-28)29-26(31)17-32-30(36-29)37-33-16-24-11-12-27(20(3)34-24)35-23-9-7-21(8-10-23)22-5-4-6-25(39)15-22/h4-12,15,17,19,28,35,39H,13-14,16,18H2,1-3H3. The minimum atomic E-state index is -0.488. The summed E-state index contributed by atoms with van der Waals surface area (Å²) in [5.41, 5.74) is 5.32. The van der Waals surface area contributed by atoms with Crippen molar-refractivity contribution in [2.24, 2.45) is 16.1 Å². The monoisotopic (exact) mass is 541 g/mol. The quantitative estimate of drug-likeness (QED) is 0.243. The van der Waals surface area contributed by atoms with Crippen molar-refractivity contribution in [2.75, 3.05) is 29.9 Å². The predicted molar refractivity (Wildman–Crippen MR) is 153 cm³/mol. The van der Waals surface area contributed by atoms with E-state index in [1.54, 1.807) is 12.1 Å². The van der Waals surface area contributed by atoms with Gasteiger partial charge < -0.3 is 20.1 Å². The average Bonchev–Trinajstić information content (AvgIpc) is 2.96. The van der Waals surface area contributed by atoms with E-state index in [9.17, 15) is 9.50 Å². The third kappa shape index (κ3) is 6.58. The van der Waals surface area contributed by atoms with Gasteiger partial charge in [0.25, 0.3) is 5.95 Å². The fourth-order valence-corrected chi connectivity index (χ4v) is 4.48. The molecule has 1 unspecified atom stereocenters. The van der Waals surface area contributed by atoms with Crippen LogP contribution in [-0.2, 0) is 11.3 Å². The molecule has 40 heavy (non-hydrogen) atoms. The number of rotatable bonds is 8. The first-order valence-corrected chi connectivity index (χ1v) is 13.3. The molecule has 2 aromatic carbocycles. The van der Waals surface area contributed by atoms with Crippen molar-refractivity contribution in [3.05, 3.63) is 84.1 Å². The lowest BCUT2D eigenvalue weighted by Gasteiger charge is -2.35. The maximum absolute atomic E-state index is 14.5. The van der Waals surface area contributed by atoms with Crippen LogP contribution in [0.1, 0.15) is 25.2 Å². The Morgan fingerprint density at radius 2 is 1.93 bits per heavy atom. The lowest BCUT2D eigenvalue weighted by molar-refractivity contribution is 0.0110. The van der Waals surface area contributed by atoms with E-state index < -0.39 is 5.82 Å². The molecule has 10 heteroatoms. The first-order chi connectivity index (χ1) is 19.4. The van der Waals surface area contributed by atoms with Crippen LogP contribution in [0, 0.1) is 18.7 Å². The first-order valence-electron chi connectivity index (χ1n) is 13.3. The SMILES string of the molecule is Cc1nc(CN=Nc2ncc(F)c(N3CCOC(C(C)C)C3)n2)ccc1Nc1ccc(-c2cccc(O)c2)cc1. The number of nitrogens with zero attached hydrogens (tertiary/aromatic N) is 6. The number of morpholine rings is 1. The minimum absolute atomic E-state index is 0.0176. The molecular formula is C30H32FN7O2. The topological polar surface area (TPSA) is 108 Å². The molecule has 3 heterocycles. The second kappa shape index (κ2) is 12.2. The zero-order chi connectivity index (χ0) is 28.1. The molecule has 0 amide bonds. The summed E-state index contributed by atoms with van der Waals surface area (Å²) in [5.74, 6) is 0.396. The fourth-order valence-electron chi connectivity index (χ4n) is 4.48. The predicted octanol–water partition coefficient (Wildman–Crippen LogP) is 6.58. The van der Waals surface area contributed by atoms with Gasteiger partial charge in [-0.05, 0) is 60.4 Å². The lowest BCUT2D eigenvalue weighted by atomic mass is 10.1. The van der Waals surface area contributed by atoms with E-state index in [1.807, 2.05) is 60.4 Å². The van der Waals surface area contributed by atoms with Crippen molar-refractivity contribution in [1.82, 2.24) is 15.0 Å². The molecule has 1 saturated heterocycles. The Kier molecular flexibility index (Phi) is 8.26. The Balaban J connectivity index is 1.21. The molecule has 1 aliphatic heterocycles. The Hall–Kier alpha value is -4.44. The Morgan fingerprint density at radius 3 is 2.67 bits per heavy atom. The van der Waals surface area contributed by atoms with Crippen molar-refractivity contribution in [3.63, 3.8) is 0 Å². The summed E-state index contributed by atoms with van der Waals surface area (Å²) < 4.78 is 20.3. The molecule has 206 valence electrons. The number of aryl methyl sites for hydroxylation is 1. The van der Waals surface area contributed by atoms with Gasteiger partial charge in [0.2, 0.25) is 0 Å². The van der Waals surface area contributed by atoms with Gasteiger partial charge in [-0.3, -0.25) is 4.98 Å². The maximum Gasteiger partial charge on any atom is 0.270 e. The Bertz CT molecular complexity index is 1490. The van der Waals surface area contributed by atoms with Crippen molar-refractivity contribution in [2.45, 2.75) is 33.4 Å². The molecule has 9 nitrogen and oxygen atoms in total. The molecular weight excluding hydrogens is 509 g/mol. The van der Waals surface area contributed by atoms with Crippen LogP contribution in [0.15, 0.2) is 77.1 Å². The third-order valence-electron chi connectivity index (χ3n) is 6.73. The van der Waals surface area contributed by atoms with Crippen LogP contribution in [-0.4, -0.2) is 45.9 Å². The summed E-state index contributed by atoms with van der Waals surface area (Å²) >= 11 is 0. The van der Waals surface area contributed by atoms with Crippen LogP contribution in [0.5, 0.6) is 5.75 Å². The molecule has 0 bridgehead atoms. The molecule has 0 aliphatic carbocycles. The number of aromatic hydroxyl groups is 1. The highest BCUT2D eigenvalue weighted by Crippen LogP contribution is 2.27. The Morgan fingerprint density at radius 1 is 1.10 bits per heavy atom. The molecule has 0 saturated carbocycles. The number of nitrogens with one attached hydrogen (secondary N) is 1. The van der Waals surface area contributed by atoms with Gasteiger partial charge in [-0.2, -0.15) is 10.1 Å². The van der Waals surface area contributed by atoms with E-state index in [0.717, 1.165) is 40.1 Å². The highest BCUT2D eigenvalue weighted by molar-refractivity contribution is 5.69. The molecule has 4 aromatic rings. The number of aromatic nitrogens is 3. The van der Waals surface area contributed by atoms with Gasteiger partial charge in [-0.15, -0.1) is 5.11 Å². The van der Waals surface area contributed by atoms with Crippen molar-refractivity contribution < 1.29 is 14.2 Å². The number of phenolic OH excluding ortho intramolecular Hbond substituents is 1. The number of pyridine rings is 1. The third-order valence-corrected chi connectivity index (χ3v) is 6.73. The van der Waals surface area contributed by atoms with Crippen LogP contribution in [0.4, 0.5) is 27.5 Å². The van der Waals surface area contributed by atoms with E-state index in [-0.39, 0.29) is 30.2 Å². The number of hydrogen-bond acceptors (Lipinski definition) is 9. The summed E-state index contributed by atoms with van der Waals surface area (Å²) in [7, 11) is 0. The number of hydrogen-bond donors (Lipinski definition) is 2. The van der Waals surface area contributed by atoms with Gasteiger partial charge >= 0.3 is 0 Å². The zero-order valence-electron chi connectivity index (χ0n) is 22.8. The van der Waals surface area contributed by atoms with Crippen LogP contribution >= 0.6 is 0 Å². The second-order valence-electron chi connectivity index (χ2n) is 10.0. The van der Waals surface area contributed by atoms with Gasteiger partial charge in [0.15, 0.2) is 11.6 Å². The summed E-state index contributed by atoms with van der Waals surface area (Å²) in [6, 6.07) is 19.0. The van der Waals surface area contributed by atoms with Crippen LogP contribution < -0.4 is 10.2 Å². The van der Waals surface area contributed by atoms with Gasteiger partial charge in [-0.1, -0.05) is 38.1 Å². The second-order valence-corrected chi connectivity index (χ2v) is 10.0. The zero-order valence-corrected chi connectivity index (χ0v) is 22.8. The Labute approximate surface area is 232 Å². The highest BCUT2D eigenvalue weighted by Gasteiger charge is 2.26. The number of phenols is 1. The molecule has 2 aromatic heterocycles. The summed E-state index contributed by atoms with van der Waals surface area (Å²) in [4.78, 5) is 14.8. The number of azo groups is 1. The van der Waals surface area contributed by atoms with Gasteiger partial charge in [0.05, 0.1) is 36.0 Å². The van der Waals surface area contributed by atoms with Crippen molar-refractivity contribution in [1.29, 1.82) is 0 Å². The number of ether oxygens (including phenoxy) is 1. The van der Waals surface area contributed by atoms with Crippen molar-refractivity contribution >= 4 is 23.1 Å². The normalized spacial score (nSPS) is 15.6. The smallest absolute Gasteiger partial charge is 0.270 e. The molecule has 0 radical (unpaired) electrons. The molecule has 5 rings (SSSR count). The van der Waals surface area contributed by atoms with Crippen LogP contribution in [0.2, 0.25) is 0 Å². The van der Waals surface area contributed by atoms with E-state index in [1.165, 1.54) is 0 Å². The highest BCUT2D eigenvalue weighted by atomic mass is 19.1. The van der Waals surface area contributed by atoms with E-state index in [4.69, 9.17) is 4.74 Å². The largest absolute Gasteiger partial charge is 0.508 e. The van der Waals surface area contributed by atoms with Crippen molar-refractivity contribution in [3.8, 4) is 16.9 Å². The van der Waals surface area contributed by atoms with E-state index in [0.29, 0.717) is 25.6 Å². The average molecular weight is 542 g/mol.